The van der Waals surface area contributed by atoms with Crippen LogP contribution in [0.4, 0.5) is 0 Å². The predicted octanol–water partition coefficient (Wildman–Crippen LogP) is 2.15. The van der Waals surface area contributed by atoms with Gasteiger partial charge in [0.25, 0.3) is 0 Å². The Balaban J connectivity index is 2.32. The van der Waals surface area contributed by atoms with Crippen LogP contribution in [0.1, 0.15) is 26.1 Å². The second kappa shape index (κ2) is 5.97. The number of hydrogen-bond donors (Lipinski definition) is 1. The molecule has 1 heterocycles. The van der Waals surface area contributed by atoms with E-state index in [-0.39, 0.29) is 11.7 Å². The van der Waals surface area contributed by atoms with Crippen LogP contribution in [0.3, 0.4) is 0 Å². The number of rotatable bonds is 6. The summed E-state index contributed by atoms with van der Waals surface area (Å²) in [6, 6.07) is 7.99. The number of nitrogens with zero attached hydrogens (tertiary/aromatic N) is 2. The van der Waals surface area contributed by atoms with E-state index in [1.165, 1.54) is 0 Å². The molecule has 102 valence electrons. The Labute approximate surface area is 113 Å². The van der Waals surface area contributed by atoms with Crippen molar-refractivity contribution in [2.75, 3.05) is 6.54 Å². The number of para-hydroxylation sites is 2. The summed E-state index contributed by atoms with van der Waals surface area (Å²) in [5, 5.41) is 0. The molecule has 2 rings (SSSR count). The van der Waals surface area contributed by atoms with E-state index < -0.39 is 0 Å². The molecule has 0 spiro atoms. The van der Waals surface area contributed by atoms with Gasteiger partial charge in [-0.2, -0.15) is 0 Å². The number of aromatic nitrogens is 2. The molecule has 0 saturated carbocycles. The molecule has 0 aliphatic heterocycles. The van der Waals surface area contributed by atoms with E-state index >= 15 is 0 Å². The quantitative estimate of drug-likeness (QED) is 0.864. The van der Waals surface area contributed by atoms with Crippen molar-refractivity contribution in [3.63, 3.8) is 0 Å². The zero-order valence-electron chi connectivity index (χ0n) is 11.6. The third-order valence-electron chi connectivity index (χ3n) is 3.61. The number of hydrogen-bond acceptors (Lipinski definition) is 3. The van der Waals surface area contributed by atoms with Crippen molar-refractivity contribution in [2.24, 2.45) is 11.7 Å². The number of carbonyl (C=O) groups is 1. The number of imidazole rings is 1. The van der Waals surface area contributed by atoms with E-state index in [1.54, 1.807) is 0 Å². The molecule has 4 heteroatoms. The number of Topliss-reactive ketones (excluding diaryl/α,β-unsaturated/α-hetero) is 1. The summed E-state index contributed by atoms with van der Waals surface area (Å²) in [5.74, 6) is 0.987. The Bertz CT molecular complexity index is 570. The van der Waals surface area contributed by atoms with Gasteiger partial charge in [0.2, 0.25) is 0 Å². The first-order valence-corrected chi connectivity index (χ1v) is 6.88. The number of benzene rings is 1. The largest absolute Gasteiger partial charge is 0.330 e. The van der Waals surface area contributed by atoms with Crippen LogP contribution in [0.15, 0.2) is 24.3 Å². The number of carbonyl (C=O) groups excluding carboxylic acids is 1. The molecule has 0 aliphatic rings. The smallest absolute Gasteiger partial charge is 0.144 e. The zero-order valence-corrected chi connectivity index (χ0v) is 11.6. The van der Waals surface area contributed by atoms with E-state index in [9.17, 15) is 4.79 Å². The van der Waals surface area contributed by atoms with Gasteiger partial charge in [0, 0.05) is 19.0 Å². The molecular weight excluding hydrogens is 238 g/mol. The molecule has 1 aromatic carbocycles. The highest BCUT2D eigenvalue weighted by Gasteiger charge is 2.18. The maximum Gasteiger partial charge on any atom is 0.144 e. The molecule has 0 amide bonds. The van der Waals surface area contributed by atoms with Gasteiger partial charge in [0.1, 0.15) is 11.6 Å². The van der Waals surface area contributed by atoms with Crippen molar-refractivity contribution in [2.45, 2.75) is 33.2 Å². The first kappa shape index (κ1) is 13.7. The summed E-state index contributed by atoms with van der Waals surface area (Å²) in [6.45, 7) is 5.31. The fourth-order valence-electron chi connectivity index (χ4n) is 2.44. The van der Waals surface area contributed by atoms with Gasteiger partial charge in [-0.25, -0.2) is 4.98 Å². The van der Waals surface area contributed by atoms with Crippen molar-refractivity contribution >= 4 is 16.8 Å². The van der Waals surface area contributed by atoms with Crippen LogP contribution in [0, 0.1) is 5.92 Å². The topological polar surface area (TPSA) is 60.9 Å². The Morgan fingerprint density at radius 3 is 2.74 bits per heavy atom. The average Bonchev–Trinajstić information content (AvgIpc) is 2.77. The Morgan fingerprint density at radius 1 is 1.37 bits per heavy atom. The molecule has 0 fully saturated rings. The van der Waals surface area contributed by atoms with E-state index in [4.69, 9.17) is 5.73 Å². The van der Waals surface area contributed by atoms with Crippen LogP contribution < -0.4 is 5.73 Å². The normalized spacial score (nSPS) is 12.8. The lowest BCUT2D eigenvalue weighted by Crippen LogP contribution is -2.25. The first-order valence-electron chi connectivity index (χ1n) is 6.88. The van der Waals surface area contributed by atoms with Gasteiger partial charge in [-0.05, 0) is 25.5 Å². The highest BCUT2D eigenvalue weighted by atomic mass is 16.1. The molecule has 0 bridgehead atoms. The maximum absolute atomic E-state index is 12.2. The molecule has 0 saturated heterocycles. The summed E-state index contributed by atoms with van der Waals surface area (Å²) < 4.78 is 2.11. The van der Waals surface area contributed by atoms with Crippen molar-refractivity contribution in [3.05, 3.63) is 30.1 Å². The fourth-order valence-corrected chi connectivity index (χ4v) is 2.44. The molecule has 1 unspecified atom stereocenters. The SMILES string of the molecule is CCC(CN)C(=O)Cc1nc2ccccc2n1CC. The van der Waals surface area contributed by atoms with Crippen LogP contribution in [-0.2, 0) is 17.8 Å². The molecular formula is C15H21N3O. The monoisotopic (exact) mass is 259 g/mol. The number of nitrogens with two attached hydrogens (primary N) is 1. The van der Waals surface area contributed by atoms with E-state index in [1.807, 2.05) is 31.2 Å². The fraction of sp³-hybridized carbons (Fsp3) is 0.467. The van der Waals surface area contributed by atoms with Gasteiger partial charge in [-0.1, -0.05) is 19.1 Å². The number of aryl methyl sites for hydroxylation is 1. The maximum atomic E-state index is 12.2. The minimum Gasteiger partial charge on any atom is -0.330 e. The first-order chi connectivity index (χ1) is 9.21. The molecule has 2 aromatic rings. The number of fused-ring (bicyclic) bond motifs is 1. The van der Waals surface area contributed by atoms with Crippen LogP contribution in [0.5, 0.6) is 0 Å². The molecule has 2 N–H and O–H groups in total. The second-order valence-electron chi connectivity index (χ2n) is 4.74. The zero-order chi connectivity index (χ0) is 13.8. The van der Waals surface area contributed by atoms with E-state index in [0.717, 1.165) is 29.8 Å². The highest BCUT2D eigenvalue weighted by Crippen LogP contribution is 2.17. The second-order valence-corrected chi connectivity index (χ2v) is 4.74. The molecule has 1 atom stereocenters. The van der Waals surface area contributed by atoms with Crippen molar-refractivity contribution < 1.29 is 4.79 Å². The summed E-state index contributed by atoms with van der Waals surface area (Å²) in [5.41, 5.74) is 7.68. The molecule has 0 aliphatic carbocycles. The van der Waals surface area contributed by atoms with Gasteiger partial charge in [0.05, 0.1) is 17.5 Å². The van der Waals surface area contributed by atoms with E-state index in [0.29, 0.717) is 13.0 Å². The Kier molecular flexibility index (Phi) is 4.32. The van der Waals surface area contributed by atoms with Crippen LogP contribution >= 0.6 is 0 Å². The third-order valence-corrected chi connectivity index (χ3v) is 3.61. The van der Waals surface area contributed by atoms with E-state index in [2.05, 4.69) is 16.5 Å². The van der Waals surface area contributed by atoms with Crippen LogP contribution in [-0.4, -0.2) is 21.9 Å². The van der Waals surface area contributed by atoms with Crippen molar-refractivity contribution in [1.82, 2.24) is 9.55 Å². The third kappa shape index (κ3) is 2.68. The lowest BCUT2D eigenvalue weighted by Gasteiger charge is -2.11. The van der Waals surface area contributed by atoms with Gasteiger partial charge in [-0.3, -0.25) is 4.79 Å². The molecule has 0 radical (unpaired) electrons. The summed E-state index contributed by atoms with van der Waals surface area (Å²) in [4.78, 5) is 16.8. The average molecular weight is 259 g/mol. The predicted molar refractivity (Wildman–Crippen MR) is 77.0 cm³/mol. The Morgan fingerprint density at radius 2 is 2.11 bits per heavy atom. The highest BCUT2D eigenvalue weighted by molar-refractivity contribution is 5.84. The summed E-state index contributed by atoms with van der Waals surface area (Å²) in [6.07, 6.45) is 1.17. The Hall–Kier alpha value is -1.68. The van der Waals surface area contributed by atoms with Gasteiger partial charge < -0.3 is 10.3 Å². The minimum absolute atomic E-state index is 0.0508. The molecule has 4 nitrogen and oxygen atoms in total. The van der Waals surface area contributed by atoms with Crippen molar-refractivity contribution in [1.29, 1.82) is 0 Å². The van der Waals surface area contributed by atoms with Gasteiger partial charge >= 0.3 is 0 Å². The van der Waals surface area contributed by atoms with Crippen LogP contribution in [0.25, 0.3) is 11.0 Å². The lowest BCUT2D eigenvalue weighted by molar-refractivity contribution is -0.122. The molecule has 19 heavy (non-hydrogen) atoms. The van der Waals surface area contributed by atoms with Crippen molar-refractivity contribution in [3.8, 4) is 0 Å². The summed E-state index contributed by atoms with van der Waals surface area (Å²) >= 11 is 0. The lowest BCUT2D eigenvalue weighted by atomic mass is 9.99. The van der Waals surface area contributed by atoms with Crippen LogP contribution in [0.2, 0.25) is 0 Å². The summed E-state index contributed by atoms with van der Waals surface area (Å²) in [7, 11) is 0. The number of ketones is 1. The van der Waals surface area contributed by atoms with Gasteiger partial charge in [-0.15, -0.1) is 0 Å². The standard InChI is InChI=1S/C15H21N3O/c1-3-11(10-16)14(19)9-15-17-12-7-5-6-8-13(12)18(15)4-2/h5-8,11H,3-4,9-10,16H2,1-2H3. The minimum atomic E-state index is -0.0508. The molecule has 1 aromatic heterocycles. The van der Waals surface area contributed by atoms with Gasteiger partial charge in [0.15, 0.2) is 0 Å².